The van der Waals surface area contributed by atoms with Crippen molar-refractivity contribution in [2.45, 2.75) is 32.5 Å². The van der Waals surface area contributed by atoms with Gasteiger partial charge in [0, 0.05) is 12.2 Å². The van der Waals surface area contributed by atoms with Gasteiger partial charge in [0.05, 0.1) is 6.54 Å². The van der Waals surface area contributed by atoms with Gasteiger partial charge in [-0.05, 0) is 20.8 Å². The van der Waals surface area contributed by atoms with Gasteiger partial charge in [-0.15, -0.1) is 0 Å². The van der Waals surface area contributed by atoms with E-state index in [9.17, 15) is 14.4 Å². The average Bonchev–Trinajstić information content (AvgIpc) is 2.67. The van der Waals surface area contributed by atoms with Gasteiger partial charge < -0.3 is 19.5 Å². The maximum Gasteiger partial charge on any atom is 0.407 e. The van der Waals surface area contributed by atoms with Crippen LogP contribution in [0.5, 0.6) is 0 Å². The third kappa shape index (κ3) is 6.44. The van der Waals surface area contributed by atoms with Crippen molar-refractivity contribution in [1.82, 2.24) is 5.32 Å². The molecule has 1 unspecified atom stereocenters. The van der Waals surface area contributed by atoms with Crippen molar-refractivity contribution < 1.29 is 28.6 Å². The highest BCUT2D eigenvalue weighted by molar-refractivity contribution is 5.91. The number of rotatable bonds is 4. The van der Waals surface area contributed by atoms with Gasteiger partial charge >= 0.3 is 18.0 Å². The standard InChI is InChI=1S/C12H17NO6/c1-12(2,3)19-10(15)5-4-9(14)17-7-8-6-13-11(16)18-8/h4-5,8H,6-7H2,1-3H3,(H,13,16)/b5-4+. The molecular formula is C12H17NO6. The lowest BCUT2D eigenvalue weighted by atomic mass is 10.2. The summed E-state index contributed by atoms with van der Waals surface area (Å²) in [6.45, 7) is 5.40. The second-order valence-electron chi connectivity index (χ2n) is 4.91. The van der Waals surface area contributed by atoms with Gasteiger partial charge in [-0.3, -0.25) is 0 Å². The van der Waals surface area contributed by atoms with Gasteiger partial charge in [0.25, 0.3) is 0 Å². The molecule has 0 aromatic heterocycles. The van der Waals surface area contributed by atoms with Gasteiger partial charge in [0.15, 0.2) is 6.10 Å². The van der Waals surface area contributed by atoms with Crippen LogP contribution in [0.25, 0.3) is 0 Å². The first-order valence-corrected chi connectivity index (χ1v) is 5.78. The molecule has 1 saturated heterocycles. The van der Waals surface area contributed by atoms with E-state index >= 15 is 0 Å². The summed E-state index contributed by atoms with van der Waals surface area (Å²) in [6, 6.07) is 0. The van der Waals surface area contributed by atoms with Crippen molar-refractivity contribution >= 4 is 18.0 Å². The quantitative estimate of drug-likeness (QED) is 0.456. The van der Waals surface area contributed by atoms with E-state index in [1.54, 1.807) is 20.8 Å². The van der Waals surface area contributed by atoms with Crippen molar-refractivity contribution in [2.24, 2.45) is 0 Å². The largest absolute Gasteiger partial charge is 0.459 e. The predicted octanol–water partition coefficient (Wildman–Crippen LogP) is 0.536. The lowest BCUT2D eigenvalue weighted by Gasteiger charge is -2.17. The number of ether oxygens (including phenoxy) is 3. The van der Waals surface area contributed by atoms with Gasteiger partial charge in [-0.25, -0.2) is 14.4 Å². The van der Waals surface area contributed by atoms with Crippen LogP contribution >= 0.6 is 0 Å². The Kier molecular flexibility index (Phi) is 4.91. The van der Waals surface area contributed by atoms with E-state index in [0.717, 1.165) is 12.2 Å². The molecular weight excluding hydrogens is 254 g/mol. The third-order valence-electron chi connectivity index (χ3n) is 1.92. The zero-order valence-corrected chi connectivity index (χ0v) is 11.1. The summed E-state index contributed by atoms with van der Waals surface area (Å²) < 4.78 is 14.5. The minimum absolute atomic E-state index is 0.0593. The Bertz CT molecular complexity index is 396. The second kappa shape index (κ2) is 6.21. The Labute approximate surface area is 110 Å². The molecule has 1 rings (SSSR count). The molecule has 0 aromatic carbocycles. The molecule has 0 spiro atoms. The van der Waals surface area contributed by atoms with Crippen LogP contribution < -0.4 is 5.32 Å². The van der Waals surface area contributed by atoms with E-state index in [0.29, 0.717) is 6.54 Å². The van der Waals surface area contributed by atoms with Crippen molar-refractivity contribution in [3.05, 3.63) is 12.2 Å². The molecule has 1 heterocycles. The summed E-state index contributed by atoms with van der Waals surface area (Å²) in [4.78, 5) is 33.2. The zero-order chi connectivity index (χ0) is 14.5. The highest BCUT2D eigenvalue weighted by Crippen LogP contribution is 2.07. The molecule has 19 heavy (non-hydrogen) atoms. The maximum atomic E-state index is 11.3. The van der Waals surface area contributed by atoms with Crippen LogP contribution in [0.4, 0.5) is 4.79 Å². The highest BCUT2D eigenvalue weighted by Gasteiger charge is 2.23. The minimum Gasteiger partial charge on any atom is -0.459 e. The monoisotopic (exact) mass is 271 g/mol. The van der Waals surface area contributed by atoms with Crippen LogP contribution in [0.1, 0.15) is 20.8 Å². The van der Waals surface area contributed by atoms with Gasteiger partial charge in [0.1, 0.15) is 12.2 Å². The van der Waals surface area contributed by atoms with Crippen molar-refractivity contribution in [2.75, 3.05) is 13.2 Å². The first-order chi connectivity index (χ1) is 8.76. The van der Waals surface area contributed by atoms with E-state index in [1.165, 1.54) is 0 Å². The number of cyclic esters (lactones) is 1. The summed E-state index contributed by atoms with van der Waals surface area (Å²) in [5.74, 6) is -1.33. The lowest BCUT2D eigenvalue weighted by molar-refractivity contribution is -0.149. The zero-order valence-electron chi connectivity index (χ0n) is 11.1. The number of esters is 2. The average molecular weight is 271 g/mol. The summed E-state index contributed by atoms with van der Waals surface area (Å²) in [5.41, 5.74) is -0.616. The number of hydrogen-bond acceptors (Lipinski definition) is 6. The molecule has 0 radical (unpaired) electrons. The first-order valence-electron chi connectivity index (χ1n) is 5.78. The Morgan fingerprint density at radius 1 is 1.37 bits per heavy atom. The number of amides is 1. The summed E-state index contributed by atoms with van der Waals surface area (Å²) in [6.07, 6.45) is 0.932. The van der Waals surface area contributed by atoms with Crippen molar-refractivity contribution in [3.8, 4) is 0 Å². The normalized spacial score (nSPS) is 18.9. The lowest BCUT2D eigenvalue weighted by Crippen LogP contribution is -2.23. The summed E-state index contributed by atoms with van der Waals surface area (Å²) in [5, 5.41) is 2.42. The molecule has 0 bridgehead atoms. The number of carbonyl (C=O) groups is 3. The minimum atomic E-state index is -0.700. The molecule has 1 atom stereocenters. The molecule has 7 heteroatoms. The molecule has 1 N–H and O–H groups in total. The first kappa shape index (κ1) is 15.0. The molecule has 0 aromatic rings. The molecule has 1 amide bonds. The highest BCUT2D eigenvalue weighted by atomic mass is 16.6. The van der Waals surface area contributed by atoms with E-state index in [2.05, 4.69) is 5.32 Å². The van der Waals surface area contributed by atoms with Crippen LogP contribution in [0.2, 0.25) is 0 Å². The van der Waals surface area contributed by atoms with Crippen LogP contribution in [-0.2, 0) is 23.8 Å². The number of hydrogen-bond donors (Lipinski definition) is 1. The smallest absolute Gasteiger partial charge is 0.407 e. The summed E-state index contributed by atoms with van der Waals surface area (Å²) in [7, 11) is 0. The molecule has 0 saturated carbocycles. The molecule has 7 nitrogen and oxygen atoms in total. The van der Waals surface area contributed by atoms with Gasteiger partial charge in [-0.1, -0.05) is 0 Å². The van der Waals surface area contributed by atoms with Crippen LogP contribution in [0, 0.1) is 0 Å². The van der Waals surface area contributed by atoms with Crippen molar-refractivity contribution in [1.29, 1.82) is 0 Å². The maximum absolute atomic E-state index is 11.3. The van der Waals surface area contributed by atoms with Crippen LogP contribution in [0.15, 0.2) is 12.2 Å². The fourth-order valence-electron chi connectivity index (χ4n) is 1.22. The third-order valence-corrected chi connectivity index (χ3v) is 1.92. The van der Waals surface area contributed by atoms with Gasteiger partial charge in [-0.2, -0.15) is 0 Å². The molecule has 1 aliphatic rings. The topological polar surface area (TPSA) is 90.9 Å². The van der Waals surface area contributed by atoms with Crippen molar-refractivity contribution in [3.63, 3.8) is 0 Å². The van der Waals surface area contributed by atoms with E-state index < -0.39 is 29.7 Å². The van der Waals surface area contributed by atoms with Gasteiger partial charge in [0.2, 0.25) is 0 Å². The molecule has 0 aliphatic carbocycles. The Balaban J connectivity index is 2.27. The van der Waals surface area contributed by atoms with Crippen LogP contribution in [-0.4, -0.2) is 42.9 Å². The number of nitrogens with one attached hydrogen (secondary N) is 1. The number of carbonyl (C=O) groups excluding carboxylic acids is 3. The Morgan fingerprint density at radius 2 is 2.00 bits per heavy atom. The Hall–Kier alpha value is -2.05. The molecule has 106 valence electrons. The molecule has 1 fully saturated rings. The fourth-order valence-corrected chi connectivity index (χ4v) is 1.22. The van der Waals surface area contributed by atoms with E-state index in [1.807, 2.05) is 0 Å². The predicted molar refractivity (Wildman–Crippen MR) is 64.2 cm³/mol. The van der Waals surface area contributed by atoms with Crippen LogP contribution in [0.3, 0.4) is 0 Å². The fraction of sp³-hybridized carbons (Fsp3) is 0.583. The Morgan fingerprint density at radius 3 is 2.53 bits per heavy atom. The SMILES string of the molecule is CC(C)(C)OC(=O)/C=C/C(=O)OCC1CNC(=O)O1. The van der Waals surface area contributed by atoms with E-state index in [4.69, 9.17) is 14.2 Å². The van der Waals surface area contributed by atoms with E-state index in [-0.39, 0.29) is 6.61 Å². The molecule has 1 aliphatic heterocycles. The number of alkyl carbamates (subject to hydrolysis) is 1. The second-order valence-corrected chi connectivity index (χ2v) is 4.91. The summed E-state index contributed by atoms with van der Waals surface area (Å²) >= 11 is 0.